The third-order valence-corrected chi connectivity index (χ3v) is 15.6. The van der Waals surface area contributed by atoms with E-state index in [1.807, 2.05) is 6.92 Å². The predicted octanol–water partition coefficient (Wildman–Crippen LogP) is 11.2. The zero-order valence-corrected chi connectivity index (χ0v) is 35.8. The van der Waals surface area contributed by atoms with Crippen LogP contribution in [0.4, 0.5) is 0 Å². The summed E-state index contributed by atoms with van der Waals surface area (Å²) in [6.07, 6.45) is 26.0. The Morgan fingerprint density at radius 2 is 0.611 bits per heavy atom. The van der Waals surface area contributed by atoms with Gasteiger partial charge in [-0.15, -0.1) is 0 Å². The van der Waals surface area contributed by atoms with Crippen LogP contribution in [0.1, 0.15) is 212 Å². The van der Waals surface area contributed by atoms with Crippen molar-refractivity contribution in [3.05, 3.63) is 0 Å². The molecule has 0 unspecified atom stereocenters. The maximum absolute atomic E-state index is 14.7. The van der Waals surface area contributed by atoms with Crippen molar-refractivity contribution in [2.24, 2.45) is 0 Å². The first-order valence-corrected chi connectivity index (χ1v) is 24.7. The van der Waals surface area contributed by atoms with Crippen molar-refractivity contribution in [2.45, 2.75) is 217 Å². The van der Waals surface area contributed by atoms with E-state index in [9.17, 15) is 16.8 Å². The van der Waals surface area contributed by atoms with Gasteiger partial charge in [0.1, 0.15) is 0 Å². The number of hydrogen-bond donors (Lipinski definition) is 0. The van der Waals surface area contributed by atoms with Crippen molar-refractivity contribution in [1.29, 1.82) is 21.0 Å². The van der Waals surface area contributed by atoms with Crippen LogP contribution in [0.2, 0.25) is 0 Å². The average molecular weight is 793 g/mol. The van der Waals surface area contributed by atoms with E-state index in [1.54, 1.807) is 0 Å². The molecule has 0 rings (SSSR count). The Hall–Kier alpha value is -2.22. The lowest BCUT2D eigenvalue weighted by molar-refractivity contribution is 0.367. The van der Waals surface area contributed by atoms with Gasteiger partial charge in [-0.1, -0.05) is 129 Å². The molecule has 0 aliphatic heterocycles. The highest BCUT2D eigenvalue weighted by atomic mass is 32.3. The van der Waals surface area contributed by atoms with Gasteiger partial charge in [0.2, 0.25) is 20.0 Å². The number of hydrogen-bond acceptors (Lipinski definition) is 8. The molecule has 0 aliphatic carbocycles. The van der Waals surface area contributed by atoms with E-state index in [-0.39, 0.29) is 6.42 Å². The SMILES string of the molecule is CCCCCC(S(=O)(=O)N(CCCCCCCCC#N)CCCCCCCCC#N)S(=O)(=O)N(CCCCCCCCC#N)CCCCCCCCC#N. The van der Waals surface area contributed by atoms with Gasteiger partial charge in [-0.3, -0.25) is 0 Å². The molecule has 0 fully saturated rings. The first-order chi connectivity index (χ1) is 26.2. The zero-order valence-electron chi connectivity index (χ0n) is 34.2. The van der Waals surface area contributed by atoms with Crippen molar-refractivity contribution in [3.63, 3.8) is 0 Å². The molecule has 0 bridgehead atoms. The molecule has 0 radical (unpaired) electrons. The van der Waals surface area contributed by atoms with Crippen LogP contribution in [0.3, 0.4) is 0 Å². The highest BCUT2D eigenvalue weighted by molar-refractivity contribution is 8.07. The average Bonchev–Trinajstić information content (AvgIpc) is 3.15. The maximum Gasteiger partial charge on any atom is 0.232 e. The van der Waals surface area contributed by atoms with Crippen molar-refractivity contribution in [3.8, 4) is 24.3 Å². The monoisotopic (exact) mass is 793 g/mol. The first kappa shape index (κ1) is 51.8. The molecule has 0 N–H and O–H groups in total. The van der Waals surface area contributed by atoms with Gasteiger partial charge in [0.05, 0.1) is 24.3 Å². The molecular formula is C42H76N6O4S2. The summed E-state index contributed by atoms with van der Waals surface area (Å²) in [5.41, 5.74) is 0. The second-order valence-electron chi connectivity index (χ2n) is 14.9. The minimum atomic E-state index is -4.17. The van der Waals surface area contributed by atoms with Crippen molar-refractivity contribution < 1.29 is 16.8 Å². The first-order valence-electron chi connectivity index (χ1n) is 21.7. The molecule has 10 nitrogen and oxygen atoms in total. The number of rotatable bonds is 40. The van der Waals surface area contributed by atoms with Crippen LogP contribution >= 0.6 is 0 Å². The third-order valence-electron chi connectivity index (χ3n) is 10.2. The summed E-state index contributed by atoms with van der Waals surface area (Å²) in [4.78, 5) is 0. The number of unbranched alkanes of at least 4 members (excludes halogenated alkanes) is 26. The highest BCUT2D eigenvalue weighted by Gasteiger charge is 2.43. The Bertz CT molecular complexity index is 1130. The van der Waals surface area contributed by atoms with Gasteiger partial charge >= 0.3 is 0 Å². The van der Waals surface area contributed by atoms with Crippen LogP contribution in [-0.4, -0.2) is 56.2 Å². The smallest absolute Gasteiger partial charge is 0.211 e. The molecular weight excluding hydrogens is 717 g/mol. The summed E-state index contributed by atoms with van der Waals surface area (Å²) in [6.45, 7) is 3.32. The molecule has 0 spiro atoms. The Morgan fingerprint density at radius 3 is 0.852 bits per heavy atom. The van der Waals surface area contributed by atoms with E-state index < -0.39 is 24.6 Å². The predicted molar refractivity (Wildman–Crippen MR) is 221 cm³/mol. The lowest BCUT2D eigenvalue weighted by atomic mass is 10.1. The van der Waals surface area contributed by atoms with Gasteiger partial charge in [-0.05, 0) is 57.8 Å². The molecule has 0 atom stereocenters. The lowest BCUT2D eigenvalue weighted by Crippen LogP contribution is -2.49. The molecule has 0 heterocycles. The standard InChI is InChI=1S/C42H76N6O4S2/c1-2-3-24-33-42(53(49,50)47(38-29-20-12-4-8-16-25-34-43)39-30-21-13-5-9-17-26-35-44)54(51,52)48(40-31-22-14-6-10-18-27-36-45)41-32-23-15-7-11-19-28-37-46/h42H,2-33,38-41H2,1H3. The molecule has 0 aromatic rings. The topological polar surface area (TPSA) is 170 Å². The summed E-state index contributed by atoms with van der Waals surface area (Å²) in [5.74, 6) is 0. The Balaban J connectivity index is 6.02. The summed E-state index contributed by atoms with van der Waals surface area (Å²) in [6, 6.07) is 8.74. The van der Waals surface area contributed by atoms with Crippen LogP contribution < -0.4 is 0 Å². The molecule has 0 aliphatic rings. The summed E-state index contributed by atoms with van der Waals surface area (Å²) < 4.78 is 60.2. The quantitative estimate of drug-likeness (QED) is 0.0552. The lowest BCUT2D eigenvalue weighted by Gasteiger charge is -2.32. The van der Waals surface area contributed by atoms with Crippen molar-refractivity contribution >= 4 is 20.0 Å². The second kappa shape index (κ2) is 36.4. The summed E-state index contributed by atoms with van der Waals surface area (Å²) in [7, 11) is -8.35. The van der Waals surface area contributed by atoms with Gasteiger partial charge < -0.3 is 0 Å². The summed E-state index contributed by atoms with van der Waals surface area (Å²) >= 11 is 0. The van der Waals surface area contributed by atoms with Gasteiger partial charge in [-0.25, -0.2) is 25.4 Å². The molecule has 310 valence electrons. The molecule has 54 heavy (non-hydrogen) atoms. The van der Waals surface area contributed by atoms with Gasteiger partial charge in [-0.2, -0.15) is 21.0 Å². The minimum Gasteiger partial charge on any atom is -0.211 e. The van der Waals surface area contributed by atoms with Crippen molar-refractivity contribution in [2.75, 3.05) is 26.2 Å². The van der Waals surface area contributed by atoms with Crippen LogP contribution in [0, 0.1) is 45.3 Å². The van der Waals surface area contributed by atoms with E-state index in [0.717, 1.165) is 141 Å². The Morgan fingerprint density at radius 1 is 0.370 bits per heavy atom. The number of sulfonamides is 2. The number of nitrogens with zero attached hydrogens (tertiary/aromatic N) is 6. The van der Waals surface area contributed by atoms with Crippen LogP contribution in [0.15, 0.2) is 0 Å². The zero-order chi connectivity index (χ0) is 40.0. The van der Waals surface area contributed by atoms with Crippen LogP contribution in [0.25, 0.3) is 0 Å². The van der Waals surface area contributed by atoms with Gasteiger partial charge in [0.15, 0.2) is 4.58 Å². The van der Waals surface area contributed by atoms with E-state index in [2.05, 4.69) is 24.3 Å². The summed E-state index contributed by atoms with van der Waals surface area (Å²) in [5, 5.41) is 35.2. The van der Waals surface area contributed by atoms with Gasteiger partial charge in [0.25, 0.3) is 0 Å². The Kier molecular flexibility index (Phi) is 34.9. The van der Waals surface area contributed by atoms with Crippen molar-refractivity contribution in [1.82, 2.24) is 8.61 Å². The maximum atomic E-state index is 14.7. The molecule has 0 aromatic carbocycles. The minimum absolute atomic E-state index is 0.0983. The van der Waals surface area contributed by atoms with Crippen LogP contribution in [-0.2, 0) is 20.0 Å². The van der Waals surface area contributed by atoms with E-state index in [4.69, 9.17) is 21.0 Å². The third kappa shape index (κ3) is 26.6. The molecule has 0 aromatic heterocycles. The fourth-order valence-corrected chi connectivity index (χ4v) is 12.0. The van der Waals surface area contributed by atoms with E-state index in [0.29, 0.717) is 84.0 Å². The molecule has 0 amide bonds. The largest absolute Gasteiger partial charge is 0.232 e. The van der Waals surface area contributed by atoms with E-state index in [1.165, 1.54) is 8.61 Å². The Labute approximate surface area is 332 Å². The van der Waals surface area contributed by atoms with E-state index >= 15 is 0 Å². The molecule has 0 saturated carbocycles. The normalized spacial score (nSPS) is 11.9. The van der Waals surface area contributed by atoms with Crippen LogP contribution in [0.5, 0.6) is 0 Å². The second-order valence-corrected chi connectivity index (χ2v) is 19.5. The van der Waals surface area contributed by atoms with Gasteiger partial charge in [0, 0.05) is 51.9 Å². The highest BCUT2D eigenvalue weighted by Crippen LogP contribution is 2.27. The fourth-order valence-electron chi connectivity index (χ4n) is 6.87. The molecule has 12 heteroatoms. The number of nitriles is 4. The fraction of sp³-hybridized carbons (Fsp3) is 0.905. The molecule has 0 saturated heterocycles.